The Balaban J connectivity index is 2.98. The van der Waals surface area contributed by atoms with Crippen LogP contribution in [0.1, 0.15) is 17.5 Å². The number of hydrogen-bond acceptors (Lipinski definition) is 4. The van der Waals surface area contributed by atoms with Crippen molar-refractivity contribution < 1.29 is 9.32 Å². The van der Waals surface area contributed by atoms with Crippen LogP contribution in [0.2, 0.25) is 5.35 Å². The van der Waals surface area contributed by atoms with Gasteiger partial charge in [-0.05, 0) is 11.6 Å². The molecule has 5 heteroatoms. The molecule has 4 nitrogen and oxygen atoms in total. The van der Waals surface area contributed by atoms with Crippen LogP contribution in [0.3, 0.4) is 0 Å². The van der Waals surface area contributed by atoms with Crippen LogP contribution in [0.15, 0.2) is 4.52 Å². The molecular weight excluding hydrogens is 144 g/mol. The lowest BCUT2D eigenvalue weighted by Crippen LogP contribution is -1.93. The lowest BCUT2D eigenvalue weighted by Gasteiger charge is -1.74. The van der Waals surface area contributed by atoms with E-state index in [1.165, 1.54) is 6.92 Å². The number of carbonyl (C=O) groups excluding carboxylic acids is 1. The maximum absolute atomic E-state index is 10.4. The van der Waals surface area contributed by atoms with Crippen molar-refractivity contribution in [3.63, 3.8) is 0 Å². The van der Waals surface area contributed by atoms with Crippen LogP contribution in [0.4, 0.5) is 0 Å². The van der Waals surface area contributed by atoms with Crippen LogP contribution in [-0.2, 0) is 0 Å². The Kier molecular flexibility index (Phi) is 1.48. The van der Waals surface area contributed by atoms with Gasteiger partial charge >= 0.3 is 5.35 Å². The Morgan fingerprint density at radius 2 is 2.44 bits per heavy atom. The second kappa shape index (κ2) is 2.14. The molecule has 0 aliphatic carbocycles. The van der Waals surface area contributed by atoms with Gasteiger partial charge in [0.2, 0.25) is 11.6 Å². The van der Waals surface area contributed by atoms with Crippen molar-refractivity contribution in [1.29, 1.82) is 0 Å². The molecule has 1 heterocycles. The molecule has 1 aromatic heterocycles. The number of hydrogen-bond donors (Lipinski definition) is 0. The van der Waals surface area contributed by atoms with Crippen molar-refractivity contribution in [3.8, 4) is 0 Å². The standard InChI is InChI=1S/C4H3ClN2O2/c1-2(8)3-6-4(5)9-7-3/h1H3. The molecule has 0 spiro atoms. The number of ketones is 1. The van der Waals surface area contributed by atoms with Gasteiger partial charge in [-0.25, -0.2) is 0 Å². The second-order valence-corrected chi connectivity index (χ2v) is 1.75. The number of nitrogens with zero attached hydrogens (tertiary/aromatic N) is 2. The first-order valence-corrected chi connectivity index (χ1v) is 2.58. The lowest BCUT2D eigenvalue weighted by molar-refractivity contribution is 0.100. The van der Waals surface area contributed by atoms with Gasteiger partial charge in [0, 0.05) is 6.92 Å². The SMILES string of the molecule is CC(=O)c1noc(Cl)n1. The van der Waals surface area contributed by atoms with Crippen molar-refractivity contribution in [1.82, 2.24) is 10.1 Å². The van der Waals surface area contributed by atoms with E-state index in [4.69, 9.17) is 11.6 Å². The van der Waals surface area contributed by atoms with Crippen molar-refractivity contribution in [2.45, 2.75) is 6.92 Å². The summed E-state index contributed by atoms with van der Waals surface area (Å²) in [6.07, 6.45) is 0. The maximum atomic E-state index is 10.4. The topological polar surface area (TPSA) is 56.0 Å². The number of aromatic nitrogens is 2. The minimum absolute atomic E-state index is 0.0139. The van der Waals surface area contributed by atoms with Gasteiger partial charge in [-0.15, -0.1) is 0 Å². The largest absolute Gasteiger partial charge is 0.321 e. The van der Waals surface area contributed by atoms with E-state index in [-0.39, 0.29) is 17.0 Å². The van der Waals surface area contributed by atoms with E-state index in [9.17, 15) is 4.79 Å². The Bertz CT molecular complexity index is 232. The number of carbonyl (C=O) groups is 1. The van der Waals surface area contributed by atoms with Gasteiger partial charge in [0.15, 0.2) is 0 Å². The smallest absolute Gasteiger partial charge is 0.320 e. The van der Waals surface area contributed by atoms with E-state index in [1.807, 2.05) is 0 Å². The predicted molar refractivity (Wildman–Crippen MR) is 29.3 cm³/mol. The monoisotopic (exact) mass is 146 g/mol. The maximum Gasteiger partial charge on any atom is 0.320 e. The highest BCUT2D eigenvalue weighted by molar-refractivity contribution is 6.27. The summed E-state index contributed by atoms with van der Waals surface area (Å²) in [5, 5.41) is 3.14. The number of Topliss-reactive ketones (excluding diaryl/α,β-unsaturated/α-hetero) is 1. The molecule has 0 radical (unpaired) electrons. The van der Waals surface area contributed by atoms with Crippen LogP contribution in [0, 0.1) is 0 Å². The fourth-order valence-corrected chi connectivity index (χ4v) is 0.463. The molecule has 0 fully saturated rings. The average Bonchev–Trinajstić information content (AvgIpc) is 2.14. The number of rotatable bonds is 1. The van der Waals surface area contributed by atoms with E-state index < -0.39 is 0 Å². The van der Waals surface area contributed by atoms with Crippen LogP contribution < -0.4 is 0 Å². The fraction of sp³-hybridized carbons (Fsp3) is 0.250. The molecular formula is C4H3ClN2O2. The molecule has 9 heavy (non-hydrogen) atoms. The highest BCUT2D eigenvalue weighted by Crippen LogP contribution is 2.02. The summed E-state index contributed by atoms with van der Waals surface area (Å²) in [7, 11) is 0. The first-order valence-electron chi connectivity index (χ1n) is 2.20. The zero-order valence-electron chi connectivity index (χ0n) is 4.59. The molecule has 0 aliphatic heterocycles. The fourth-order valence-electron chi connectivity index (χ4n) is 0.348. The van der Waals surface area contributed by atoms with E-state index >= 15 is 0 Å². The third-order valence-corrected chi connectivity index (χ3v) is 0.870. The first kappa shape index (κ1) is 6.22. The molecule has 0 atom stereocenters. The Morgan fingerprint density at radius 3 is 2.67 bits per heavy atom. The Hall–Kier alpha value is -0.900. The third kappa shape index (κ3) is 1.26. The van der Waals surface area contributed by atoms with Gasteiger partial charge in [-0.1, -0.05) is 5.16 Å². The molecule has 0 unspecified atom stereocenters. The van der Waals surface area contributed by atoms with Crippen LogP contribution >= 0.6 is 11.6 Å². The molecule has 0 N–H and O–H groups in total. The van der Waals surface area contributed by atoms with E-state index in [0.29, 0.717) is 0 Å². The molecule has 0 aliphatic rings. The quantitative estimate of drug-likeness (QED) is 0.553. The molecule has 0 saturated carbocycles. The van der Waals surface area contributed by atoms with E-state index in [2.05, 4.69) is 14.7 Å². The van der Waals surface area contributed by atoms with Gasteiger partial charge in [0.25, 0.3) is 0 Å². The van der Waals surface area contributed by atoms with Gasteiger partial charge < -0.3 is 4.52 Å². The summed E-state index contributed by atoms with van der Waals surface area (Å²) < 4.78 is 4.31. The lowest BCUT2D eigenvalue weighted by atomic mass is 10.4. The highest BCUT2D eigenvalue weighted by atomic mass is 35.5. The predicted octanol–water partition coefficient (Wildman–Crippen LogP) is 0.926. The average molecular weight is 147 g/mol. The zero-order chi connectivity index (χ0) is 6.85. The summed E-state index contributed by atoms with van der Waals surface area (Å²) in [5.41, 5.74) is 0. The molecule has 0 bridgehead atoms. The van der Waals surface area contributed by atoms with Gasteiger partial charge in [-0.2, -0.15) is 4.98 Å². The van der Waals surface area contributed by atoms with Crippen LogP contribution in [0.25, 0.3) is 0 Å². The Morgan fingerprint density at radius 1 is 1.78 bits per heavy atom. The van der Waals surface area contributed by atoms with E-state index in [0.717, 1.165) is 0 Å². The van der Waals surface area contributed by atoms with Crippen molar-refractivity contribution >= 4 is 17.4 Å². The first-order chi connectivity index (χ1) is 4.20. The summed E-state index contributed by atoms with van der Waals surface area (Å²) in [6.45, 7) is 1.33. The molecule has 0 amide bonds. The van der Waals surface area contributed by atoms with Crippen molar-refractivity contribution in [2.24, 2.45) is 0 Å². The van der Waals surface area contributed by atoms with Crippen LogP contribution in [0.5, 0.6) is 0 Å². The minimum Gasteiger partial charge on any atom is -0.321 e. The molecule has 0 saturated heterocycles. The van der Waals surface area contributed by atoms with Gasteiger partial charge in [0.05, 0.1) is 0 Å². The summed E-state index contributed by atoms with van der Waals surface area (Å²) in [4.78, 5) is 13.9. The van der Waals surface area contributed by atoms with Gasteiger partial charge in [0.1, 0.15) is 0 Å². The minimum atomic E-state index is -0.259. The number of halogens is 1. The van der Waals surface area contributed by atoms with E-state index in [1.54, 1.807) is 0 Å². The second-order valence-electron chi connectivity index (χ2n) is 1.43. The van der Waals surface area contributed by atoms with Crippen molar-refractivity contribution in [2.75, 3.05) is 0 Å². The Labute approximate surface area is 55.8 Å². The zero-order valence-corrected chi connectivity index (χ0v) is 5.34. The molecule has 48 valence electrons. The normalized spacial score (nSPS) is 9.56. The molecule has 1 aromatic rings. The molecule has 0 aromatic carbocycles. The molecule has 1 rings (SSSR count). The van der Waals surface area contributed by atoms with Gasteiger partial charge in [-0.3, -0.25) is 4.79 Å². The van der Waals surface area contributed by atoms with Crippen LogP contribution in [-0.4, -0.2) is 15.9 Å². The summed E-state index contributed by atoms with van der Waals surface area (Å²) in [5.74, 6) is -0.245. The summed E-state index contributed by atoms with van der Waals surface area (Å²) >= 11 is 5.21. The summed E-state index contributed by atoms with van der Waals surface area (Å²) in [6, 6.07) is 0. The highest BCUT2D eigenvalue weighted by Gasteiger charge is 2.06. The third-order valence-electron chi connectivity index (χ3n) is 0.716. The van der Waals surface area contributed by atoms with Crippen molar-refractivity contribution in [3.05, 3.63) is 11.2 Å².